The van der Waals surface area contributed by atoms with Gasteiger partial charge in [0.05, 0.1) is 4.92 Å². The number of rotatable bonds is 6. The smallest absolute Gasteiger partial charge is 0.269 e. The van der Waals surface area contributed by atoms with Crippen LogP contribution in [-0.2, 0) is 5.75 Å². The number of nitro benzene ring substituents is 1. The molecule has 7 heteroatoms. The lowest BCUT2D eigenvalue weighted by Gasteiger charge is -2.10. The van der Waals surface area contributed by atoms with E-state index in [1.165, 1.54) is 17.8 Å². The molecule has 0 aliphatic heterocycles. The summed E-state index contributed by atoms with van der Waals surface area (Å²) < 4.78 is 0.922. The van der Waals surface area contributed by atoms with Gasteiger partial charge >= 0.3 is 0 Å². The van der Waals surface area contributed by atoms with Gasteiger partial charge in [-0.05, 0) is 46.6 Å². The van der Waals surface area contributed by atoms with Crippen LogP contribution in [0.25, 0.3) is 0 Å². The minimum absolute atomic E-state index is 0.104. The Labute approximate surface area is 135 Å². The van der Waals surface area contributed by atoms with E-state index in [1.807, 2.05) is 19.1 Å². The van der Waals surface area contributed by atoms with Crippen molar-refractivity contribution in [3.05, 3.63) is 56.7 Å². The molecule has 2 aromatic rings. The molecular formula is C14H14BrN3O2S. The van der Waals surface area contributed by atoms with E-state index in [-0.39, 0.29) is 10.6 Å². The molecule has 0 amide bonds. The predicted molar refractivity (Wildman–Crippen MR) is 88.8 cm³/mol. The molecule has 1 heterocycles. The van der Waals surface area contributed by atoms with Crippen molar-refractivity contribution in [2.24, 2.45) is 0 Å². The maximum Gasteiger partial charge on any atom is 0.269 e. The molecule has 1 N–H and O–H groups in total. The van der Waals surface area contributed by atoms with Crippen LogP contribution in [0.5, 0.6) is 0 Å². The zero-order chi connectivity index (χ0) is 15.2. The number of aromatic nitrogens is 1. The Hall–Kier alpha value is -1.60. The number of anilines is 1. The number of nitro groups is 1. The molecule has 0 unspecified atom stereocenters. The molecule has 5 nitrogen and oxygen atoms in total. The zero-order valence-electron chi connectivity index (χ0n) is 11.4. The lowest BCUT2D eigenvalue weighted by atomic mass is 10.2. The first-order valence-corrected chi connectivity index (χ1v) is 8.14. The minimum Gasteiger partial charge on any atom is -0.385 e. The molecule has 0 saturated carbocycles. The number of halogens is 1. The third-order valence-corrected chi connectivity index (χ3v) is 4.71. The molecule has 0 saturated heterocycles. The van der Waals surface area contributed by atoms with E-state index in [1.54, 1.807) is 18.3 Å². The molecule has 21 heavy (non-hydrogen) atoms. The van der Waals surface area contributed by atoms with E-state index in [0.717, 1.165) is 27.3 Å². The van der Waals surface area contributed by atoms with Gasteiger partial charge in [0, 0.05) is 40.8 Å². The molecule has 110 valence electrons. The van der Waals surface area contributed by atoms with Gasteiger partial charge in [0.15, 0.2) is 0 Å². The Morgan fingerprint density at radius 2 is 2.24 bits per heavy atom. The van der Waals surface area contributed by atoms with Gasteiger partial charge in [-0.15, -0.1) is 11.8 Å². The fourth-order valence-electron chi connectivity index (χ4n) is 1.80. The molecule has 0 bridgehead atoms. The second-order valence-electron chi connectivity index (χ2n) is 4.21. The number of benzene rings is 1. The fraction of sp³-hybridized carbons (Fsp3) is 0.214. The first-order valence-electron chi connectivity index (χ1n) is 6.36. The summed E-state index contributed by atoms with van der Waals surface area (Å²) in [5.41, 5.74) is 1.92. The van der Waals surface area contributed by atoms with Crippen molar-refractivity contribution in [1.29, 1.82) is 0 Å². The van der Waals surface area contributed by atoms with Crippen molar-refractivity contribution in [2.45, 2.75) is 17.7 Å². The second kappa shape index (κ2) is 7.42. The highest BCUT2D eigenvalue weighted by Gasteiger charge is 2.11. The Balaban J connectivity index is 2.22. The number of nitrogens with one attached hydrogen (secondary N) is 1. The third kappa shape index (κ3) is 4.18. The van der Waals surface area contributed by atoms with Crippen LogP contribution < -0.4 is 5.32 Å². The molecular weight excluding hydrogens is 354 g/mol. The Kier molecular flexibility index (Phi) is 5.58. The second-order valence-corrected chi connectivity index (χ2v) is 6.03. The van der Waals surface area contributed by atoms with E-state index < -0.39 is 0 Å². The molecule has 0 aliphatic rings. The Bertz CT molecular complexity index is 652. The van der Waals surface area contributed by atoms with Gasteiger partial charge in [-0.2, -0.15) is 0 Å². The SMILES string of the molecule is CCNc1ccc([N+](=O)[O-])cc1CSc1ncccc1Br. The van der Waals surface area contributed by atoms with Gasteiger partial charge in [-0.1, -0.05) is 0 Å². The lowest BCUT2D eigenvalue weighted by molar-refractivity contribution is -0.384. The molecule has 0 aliphatic carbocycles. The summed E-state index contributed by atoms with van der Waals surface area (Å²) in [7, 11) is 0. The summed E-state index contributed by atoms with van der Waals surface area (Å²) >= 11 is 4.99. The van der Waals surface area contributed by atoms with Crippen molar-refractivity contribution in [3.8, 4) is 0 Å². The molecule has 2 rings (SSSR count). The van der Waals surface area contributed by atoms with Crippen molar-refractivity contribution in [2.75, 3.05) is 11.9 Å². The van der Waals surface area contributed by atoms with Crippen LogP contribution in [0.2, 0.25) is 0 Å². The standard InChI is InChI=1S/C14H14BrN3O2S/c1-2-16-13-6-5-11(18(19)20)8-10(13)9-21-14-12(15)4-3-7-17-14/h3-8,16H,2,9H2,1H3. The monoisotopic (exact) mass is 367 g/mol. The number of nitrogens with zero attached hydrogens (tertiary/aromatic N) is 2. The van der Waals surface area contributed by atoms with Crippen LogP contribution in [0.3, 0.4) is 0 Å². The number of hydrogen-bond acceptors (Lipinski definition) is 5. The van der Waals surface area contributed by atoms with E-state index in [4.69, 9.17) is 0 Å². The normalized spacial score (nSPS) is 10.4. The van der Waals surface area contributed by atoms with Crippen LogP contribution in [0.4, 0.5) is 11.4 Å². The van der Waals surface area contributed by atoms with Crippen LogP contribution >= 0.6 is 27.7 Å². The highest BCUT2D eigenvalue weighted by Crippen LogP contribution is 2.31. The van der Waals surface area contributed by atoms with Crippen LogP contribution in [0, 0.1) is 10.1 Å². The molecule has 0 radical (unpaired) electrons. The average molecular weight is 368 g/mol. The first kappa shape index (κ1) is 15.8. The van der Waals surface area contributed by atoms with Crippen molar-refractivity contribution in [1.82, 2.24) is 4.98 Å². The number of hydrogen-bond donors (Lipinski definition) is 1. The highest BCUT2D eigenvalue weighted by molar-refractivity contribution is 9.10. The van der Waals surface area contributed by atoms with Crippen LogP contribution in [0.15, 0.2) is 46.0 Å². The van der Waals surface area contributed by atoms with E-state index in [2.05, 4.69) is 26.2 Å². The summed E-state index contributed by atoms with van der Waals surface area (Å²) in [5, 5.41) is 15.0. The number of pyridine rings is 1. The topological polar surface area (TPSA) is 68.1 Å². The lowest BCUT2D eigenvalue weighted by Crippen LogP contribution is -2.01. The van der Waals surface area contributed by atoms with E-state index in [9.17, 15) is 10.1 Å². The summed E-state index contributed by atoms with van der Waals surface area (Å²) in [5.74, 6) is 0.611. The average Bonchev–Trinajstić information content (AvgIpc) is 2.47. The minimum atomic E-state index is -0.374. The van der Waals surface area contributed by atoms with E-state index in [0.29, 0.717) is 5.75 Å². The van der Waals surface area contributed by atoms with Crippen LogP contribution in [-0.4, -0.2) is 16.5 Å². The first-order chi connectivity index (χ1) is 10.1. The summed E-state index contributed by atoms with van der Waals surface area (Å²) in [6.45, 7) is 2.76. The van der Waals surface area contributed by atoms with Crippen molar-refractivity contribution >= 4 is 39.1 Å². The van der Waals surface area contributed by atoms with E-state index >= 15 is 0 Å². The largest absolute Gasteiger partial charge is 0.385 e. The van der Waals surface area contributed by atoms with Gasteiger partial charge in [-0.3, -0.25) is 10.1 Å². The zero-order valence-corrected chi connectivity index (χ0v) is 13.8. The maximum atomic E-state index is 10.9. The Morgan fingerprint density at radius 3 is 2.90 bits per heavy atom. The highest BCUT2D eigenvalue weighted by atomic mass is 79.9. The number of non-ortho nitro benzene ring substituents is 1. The summed E-state index contributed by atoms with van der Waals surface area (Å²) in [4.78, 5) is 14.8. The maximum absolute atomic E-state index is 10.9. The number of thioether (sulfide) groups is 1. The quantitative estimate of drug-likeness (QED) is 0.463. The summed E-state index contributed by atoms with van der Waals surface area (Å²) in [6.07, 6.45) is 1.73. The molecule has 0 atom stereocenters. The molecule has 0 fully saturated rings. The van der Waals surface area contributed by atoms with Crippen molar-refractivity contribution in [3.63, 3.8) is 0 Å². The van der Waals surface area contributed by atoms with Crippen LogP contribution in [0.1, 0.15) is 12.5 Å². The third-order valence-electron chi connectivity index (χ3n) is 2.76. The summed E-state index contributed by atoms with van der Waals surface area (Å²) in [6, 6.07) is 8.66. The van der Waals surface area contributed by atoms with Crippen molar-refractivity contribution < 1.29 is 4.92 Å². The molecule has 1 aromatic heterocycles. The predicted octanol–water partition coefficient (Wildman–Crippen LogP) is 4.48. The molecule has 0 spiro atoms. The van der Waals surface area contributed by atoms with Gasteiger partial charge in [-0.25, -0.2) is 4.98 Å². The van der Waals surface area contributed by atoms with Gasteiger partial charge in [0.1, 0.15) is 5.03 Å². The van der Waals surface area contributed by atoms with Gasteiger partial charge in [0.25, 0.3) is 5.69 Å². The Morgan fingerprint density at radius 1 is 1.43 bits per heavy atom. The molecule has 1 aromatic carbocycles. The van der Waals surface area contributed by atoms with Gasteiger partial charge in [0.2, 0.25) is 0 Å². The van der Waals surface area contributed by atoms with Gasteiger partial charge < -0.3 is 5.32 Å². The fourth-order valence-corrected chi connectivity index (χ4v) is 3.27.